The number of ketones is 1. The predicted octanol–water partition coefficient (Wildman–Crippen LogP) is 6.89. The third kappa shape index (κ3) is 5.10. The van der Waals surface area contributed by atoms with Crippen LogP contribution in [0.15, 0.2) is 78.9 Å². The molecular weight excluding hydrogens is 524 g/mol. The van der Waals surface area contributed by atoms with E-state index in [2.05, 4.69) is 6.58 Å². The first-order valence-corrected chi connectivity index (χ1v) is 13.9. The molecule has 4 aromatic rings. The number of thiazole rings is 1. The Morgan fingerprint density at radius 2 is 1.73 bits per heavy atom. The lowest BCUT2D eigenvalue weighted by atomic mass is 9.95. The van der Waals surface area contributed by atoms with E-state index in [4.69, 9.17) is 14.5 Å². The zero-order valence-corrected chi connectivity index (χ0v) is 23.5. The Morgan fingerprint density at radius 1 is 1.05 bits per heavy atom. The summed E-state index contributed by atoms with van der Waals surface area (Å²) in [5.41, 5.74) is 3.90. The van der Waals surface area contributed by atoms with Gasteiger partial charge in [0, 0.05) is 5.56 Å². The zero-order chi connectivity index (χ0) is 28.4. The van der Waals surface area contributed by atoms with E-state index in [0.717, 1.165) is 27.8 Å². The number of rotatable bonds is 9. The standard InChI is InChI=1S/C32H30N2O5S/c1-5-15-38-23-11-7-21(8-12-23)28-26(29(35)22-9-13-24(14-10-22)39-16-6-2)30(36)31(37)34(28)32-33-27-20(4)17-19(3)18-25(27)40-32/h5,7-14,17-18,28,35H,1,6,15-16H2,2-4H3/b29-26+. The second-order valence-electron chi connectivity index (χ2n) is 9.64. The van der Waals surface area contributed by atoms with Crippen molar-refractivity contribution in [3.63, 3.8) is 0 Å². The van der Waals surface area contributed by atoms with Crippen LogP contribution < -0.4 is 14.4 Å². The van der Waals surface area contributed by atoms with E-state index < -0.39 is 17.7 Å². The molecule has 3 aromatic carbocycles. The fourth-order valence-corrected chi connectivity index (χ4v) is 5.96. The topological polar surface area (TPSA) is 89.0 Å². The molecule has 1 N–H and O–H groups in total. The average Bonchev–Trinajstić information content (AvgIpc) is 3.49. The number of aliphatic hydroxyl groups excluding tert-OH is 1. The maximum absolute atomic E-state index is 13.6. The number of Topliss-reactive ketones (excluding diaryl/α,β-unsaturated/α-hetero) is 1. The SMILES string of the molecule is C=CCOc1ccc(C2/C(=C(\O)c3ccc(OCCC)cc3)C(=O)C(=O)N2c2nc3c(C)cc(C)cc3s2)cc1. The normalized spacial score (nSPS) is 16.5. The van der Waals surface area contributed by atoms with Crippen LogP contribution in [0.3, 0.4) is 0 Å². The number of benzene rings is 3. The summed E-state index contributed by atoms with van der Waals surface area (Å²) in [7, 11) is 0. The first kappa shape index (κ1) is 27.1. The lowest BCUT2D eigenvalue weighted by Crippen LogP contribution is -2.29. The molecule has 204 valence electrons. The van der Waals surface area contributed by atoms with Gasteiger partial charge in [0.2, 0.25) is 0 Å². The molecule has 1 atom stereocenters. The average molecular weight is 555 g/mol. The van der Waals surface area contributed by atoms with Crippen molar-refractivity contribution in [1.82, 2.24) is 4.98 Å². The van der Waals surface area contributed by atoms with Gasteiger partial charge in [-0.15, -0.1) is 0 Å². The molecule has 5 rings (SSSR count). The van der Waals surface area contributed by atoms with Crippen LogP contribution in [0.5, 0.6) is 11.5 Å². The summed E-state index contributed by atoms with van der Waals surface area (Å²) in [5, 5.41) is 11.8. The van der Waals surface area contributed by atoms with Crippen molar-refractivity contribution in [2.24, 2.45) is 0 Å². The predicted molar refractivity (Wildman–Crippen MR) is 158 cm³/mol. The fourth-order valence-electron chi connectivity index (χ4n) is 4.79. The molecule has 40 heavy (non-hydrogen) atoms. The van der Waals surface area contributed by atoms with E-state index >= 15 is 0 Å². The summed E-state index contributed by atoms with van der Waals surface area (Å²) in [6.07, 6.45) is 2.52. The Balaban J connectivity index is 1.64. The molecule has 1 aliphatic rings. The van der Waals surface area contributed by atoms with Gasteiger partial charge < -0.3 is 14.6 Å². The Hall–Kier alpha value is -4.43. The van der Waals surface area contributed by atoms with Crippen molar-refractivity contribution in [1.29, 1.82) is 0 Å². The van der Waals surface area contributed by atoms with Gasteiger partial charge in [0.05, 0.1) is 28.4 Å². The lowest BCUT2D eigenvalue weighted by molar-refractivity contribution is -0.132. The zero-order valence-electron chi connectivity index (χ0n) is 22.6. The first-order chi connectivity index (χ1) is 19.3. The summed E-state index contributed by atoms with van der Waals surface area (Å²) in [5.74, 6) is -0.490. The number of carbonyl (C=O) groups excluding carboxylic acids is 2. The minimum Gasteiger partial charge on any atom is -0.507 e. The van der Waals surface area contributed by atoms with Crippen LogP contribution in [-0.4, -0.2) is 35.0 Å². The molecule has 1 unspecified atom stereocenters. The third-order valence-electron chi connectivity index (χ3n) is 6.63. The van der Waals surface area contributed by atoms with Crippen LogP contribution in [-0.2, 0) is 9.59 Å². The minimum absolute atomic E-state index is 0.000792. The van der Waals surface area contributed by atoms with E-state index in [0.29, 0.717) is 41.0 Å². The maximum atomic E-state index is 13.6. The van der Waals surface area contributed by atoms with Gasteiger partial charge in [-0.1, -0.05) is 49.1 Å². The number of nitrogens with zero attached hydrogens (tertiary/aromatic N) is 2. The van der Waals surface area contributed by atoms with Gasteiger partial charge in [-0.25, -0.2) is 4.98 Å². The third-order valence-corrected chi connectivity index (χ3v) is 7.64. The smallest absolute Gasteiger partial charge is 0.301 e. The van der Waals surface area contributed by atoms with E-state index in [1.165, 1.54) is 16.2 Å². The van der Waals surface area contributed by atoms with Crippen molar-refractivity contribution < 1.29 is 24.2 Å². The molecule has 1 aliphatic heterocycles. The van der Waals surface area contributed by atoms with Crippen LogP contribution in [0.25, 0.3) is 16.0 Å². The highest BCUT2D eigenvalue weighted by atomic mass is 32.1. The van der Waals surface area contributed by atoms with Crippen molar-refractivity contribution in [3.8, 4) is 11.5 Å². The molecule has 0 radical (unpaired) electrons. The number of ether oxygens (including phenoxy) is 2. The molecule has 0 aliphatic carbocycles. The quantitative estimate of drug-likeness (QED) is 0.105. The van der Waals surface area contributed by atoms with Crippen LogP contribution >= 0.6 is 11.3 Å². The molecule has 7 nitrogen and oxygen atoms in total. The van der Waals surface area contributed by atoms with E-state index in [1.807, 2.05) is 32.9 Å². The summed E-state index contributed by atoms with van der Waals surface area (Å²) >= 11 is 1.35. The molecule has 1 fully saturated rings. The lowest BCUT2D eigenvalue weighted by Gasteiger charge is -2.23. The number of hydrogen-bond acceptors (Lipinski definition) is 7. The molecule has 0 spiro atoms. The van der Waals surface area contributed by atoms with Crippen LogP contribution in [0.1, 0.15) is 41.6 Å². The highest BCUT2D eigenvalue weighted by molar-refractivity contribution is 7.22. The molecule has 1 amide bonds. The van der Waals surface area contributed by atoms with E-state index in [9.17, 15) is 14.7 Å². The molecule has 2 heterocycles. The van der Waals surface area contributed by atoms with Crippen LogP contribution in [0.2, 0.25) is 0 Å². The molecular formula is C32H30N2O5S. The van der Waals surface area contributed by atoms with Crippen LogP contribution in [0.4, 0.5) is 5.13 Å². The first-order valence-electron chi connectivity index (χ1n) is 13.1. The summed E-state index contributed by atoms with van der Waals surface area (Å²) in [4.78, 5) is 33.3. The van der Waals surface area contributed by atoms with Crippen molar-refractivity contribution in [2.75, 3.05) is 18.1 Å². The molecule has 0 saturated carbocycles. The molecule has 1 aromatic heterocycles. The van der Waals surface area contributed by atoms with Gasteiger partial charge in [0.25, 0.3) is 5.78 Å². The number of amides is 1. The second kappa shape index (κ2) is 11.4. The van der Waals surface area contributed by atoms with Crippen molar-refractivity contribution in [2.45, 2.75) is 33.2 Å². The molecule has 8 heteroatoms. The number of aliphatic hydroxyl groups is 1. The van der Waals surface area contributed by atoms with Crippen LogP contribution in [0, 0.1) is 13.8 Å². The van der Waals surface area contributed by atoms with Gasteiger partial charge in [-0.2, -0.15) is 0 Å². The molecule has 1 saturated heterocycles. The summed E-state index contributed by atoms with van der Waals surface area (Å²) in [6.45, 7) is 10.6. The highest BCUT2D eigenvalue weighted by Gasteiger charge is 2.48. The highest BCUT2D eigenvalue weighted by Crippen LogP contribution is 2.45. The van der Waals surface area contributed by atoms with Crippen molar-refractivity contribution >= 4 is 44.1 Å². The Kier molecular flexibility index (Phi) is 7.71. The van der Waals surface area contributed by atoms with Gasteiger partial charge in [-0.05, 0) is 79.4 Å². The second-order valence-corrected chi connectivity index (χ2v) is 10.6. The minimum atomic E-state index is -0.883. The monoisotopic (exact) mass is 554 g/mol. The summed E-state index contributed by atoms with van der Waals surface area (Å²) < 4.78 is 12.2. The van der Waals surface area contributed by atoms with E-state index in [-0.39, 0.29) is 11.3 Å². The van der Waals surface area contributed by atoms with Gasteiger partial charge in [-0.3, -0.25) is 14.5 Å². The van der Waals surface area contributed by atoms with Gasteiger partial charge in [0.1, 0.15) is 23.9 Å². The number of aromatic nitrogens is 1. The Morgan fingerprint density at radius 3 is 2.40 bits per heavy atom. The Labute approximate surface area is 237 Å². The largest absolute Gasteiger partial charge is 0.507 e. The number of carbonyl (C=O) groups is 2. The van der Waals surface area contributed by atoms with Gasteiger partial charge >= 0.3 is 5.91 Å². The fraction of sp³-hybridized carbons (Fsp3) is 0.219. The van der Waals surface area contributed by atoms with E-state index in [1.54, 1.807) is 54.6 Å². The number of hydrogen-bond donors (Lipinski definition) is 1. The molecule has 0 bridgehead atoms. The summed E-state index contributed by atoms with van der Waals surface area (Å²) in [6, 6.07) is 17.1. The Bertz CT molecular complexity index is 1620. The maximum Gasteiger partial charge on any atom is 0.301 e. The number of anilines is 1. The van der Waals surface area contributed by atoms with Gasteiger partial charge in [0.15, 0.2) is 5.13 Å². The number of aryl methyl sites for hydroxylation is 2. The number of fused-ring (bicyclic) bond motifs is 1. The van der Waals surface area contributed by atoms with Crippen molar-refractivity contribution in [3.05, 3.63) is 101 Å².